The molecule has 1 aliphatic rings. The van der Waals surface area contributed by atoms with E-state index in [1.54, 1.807) is 0 Å². The van der Waals surface area contributed by atoms with Gasteiger partial charge in [-0.25, -0.2) is 0 Å². The van der Waals surface area contributed by atoms with Gasteiger partial charge >= 0.3 is 0 Å². The first-order valence-electron chi connectivity index (χ1n) is 8.81. The normalized spacial score (nSPS) is 19.4. The van der Waals surface area contributed by atoms with Gasteiger partial charge in [-0.05, 0) is 79.7 Å². The van der Waals surface area contributed by atoms with Gasteiger partial charge in [-0.1, -0.05) is 19.3 Å². The Balaban J connectivity index is 2.48. The molecule has 0 amide bonds. The highest BCUT2D eigenvalue weighted by Crippen LogP contribution is 2.36. The number of nitrogens with zero attached hydrogens (tertiary/aromatic N) is 2. The van der Waals surface area contributed by atoms with Crippen LogP contribution in [0.2, 0.25) is 0 Å². The molecular weight excluding hydrogens is 258 g/mol. The van der Waals surface area contributed by atoms with Gasteiger partial charge in [0, 0.05) is 18.6 Å². The van der Waals surface area contributed by atoms with Gasteiger partial charge in [-0.2, -0.15) is 0 Å². The van der Waals surface area contributed by atoms with Gasteiger partial charge in [-0.15, -0.1) is 0 Å². The molecule has 3 nitrogen and oxygen atoms in total. The van der Waals surface area contributed by atoms with Crippen LogP contribution >= 0.6 is 0 Å². The van der Waals surface area contributed by atoms with Crippen molar-refractivity contribution in [2.45, 2.75) is 64.8 Å². The average Bonchev–Trinajstić information content (AvgIpc) is 2.36. The van der Waals surface area contributed by atoms with Crippen molar-refractivity contribution in [1.29, 1.82) is 0 Å². The van der Waals surface area contributed by atoms with E-state index in [1.165, 1.54) is 64.7 Å². The van der Waals surface area contributed by atoms with Crippen molar-refractivity contribution in [2.75, 3.05) is 47.3 Å². The fourth-order valence-corrected chi connectivity index (χ4v) is 3.45. The predicted octanol–water partition coefficient (Wildman–Crippen LogP) is 3.21. The quantitative estimate of drug-likeness (QED) is 0.742. The summed E-state index contributed by atoms with van der Waals surface area (Å²) in [6.07, 6.45) is 8.32. The Hall–Kier alpha value is -0.120. The van der Waals surface area contributed by atoms with Gasteiger partial charge in [-0.3, -0.25) is 0 Å². The Morgan fingerprint density at radius 3 is 2.10 bits per heavy atom. The fourth-order valence-electron chi connectivity index (χ4n) is 3.45. The van der Waals surface area contributed by atoms with Crippen molar-refractivity contribution in [3.63, 3.8) is 0 Å². The van der Waals surface area contributed by atoms with Crippen LogP contribution in [-0.2, 0) is 0 Å². The third-order valence-corrected chi connectivity index (χ3v) is 4.66. The molecule has 3 heteroatoms. The summed E-state index contributed by atoms with van der Waals surface area (Å²) >= 11 is 0. The van der Waals surface area contributed by atoms with Crippen LogP contribution in [-0.4, -0.2) is 62.7 Å². The molecule has 0 saturated heterocycles. The van der Waals surface area contributed by atoms with E-state index in [0.29, 0.717) is 5.41 Å². The summed E-state index contributed by atoms with van der Waals surface area (Å²) < 4.78 is 0. The summed E-state index contributed by atoms with van der Waals surface area (Å²) in [5.74, 6) is 0. The number of nitrogens with one attached hydrogen (secondary N) is 1. The highest BCUT2D eigenvalue weighted by Gasteiger charge is 2.33. The Morgan fingerprint density at radius 2 is 1.57 bits per heavy atom. The van der Waals surface area contributed by atoms with E-state index in [2.05, 4.69) is 57.0 Å². The molecule has 0 spiro atoms. The van der Waals surface area contributed by atoms with Crippen LogP contribution in [0.15, 0.2) is 0 Å². The molecule has 1 rings (SSSR count). The first-order chi connectivity index (χ1) is 9.72. The summed E-state index contributed by atoms with van der Waals surface area (Å²) in [7, 11) is 6.63. The molecule has 0 radical (unpaired) electrons. The predicted molar refractivity (Wildman–Crippen MR) is 93.9 cm³/mol. The van der Waals surface area contributed by atoms with Crippen LogP contribution in [0.5, 0.6) is 0 Å². The lowest BCUT2D eigenvalue weighted by atomic mass is 9.73. The second-order valence-electron chi connectivity index (χ2n) is 8.56. The minimum Gasteiger partial charge on any atom is -0.311 e. The van der Waals surface area contributed by atoms with E-state index < -0.39 is 0 Å². The zero-order valence-corrected chi connectivity index (χ0v) is 15.5. The van der Waals surface area contributed by atoms with Crippen molar-refractivity contribution in [1.82, 2.24) is 15.1 Å². The maximum absolute atomic E-state index is 3.78. The van der Waals surface area contributed by atoms with Gasteiger partial charge in [0.2, 0.25) is 0 Å². The van der Waals surface area contributed by atoms with Crippen molar-refractivity contribution in [3.8, 4) is 0 Å². The first-order valence-corrected chi connectivity index (χ1v) is 8.81. The van der Waals surface area contributed by atoms with Crippen LogP contribution in [0.3, 0.4) is 0 Å². The van der Waals surface area contributed by atoms with Crippen LogP contribution in [0, 0.1) is 5.41 Å². The second kappa shape index (κ2) is 8.50. The SMILES string of the molecule is CN(C)CCCN(C)CC1(CNC(C)(C)C)CCCCC1. The van der Waals surface area contributed by atoms with Crippen LogP contribution < -0.4 is 5.32 Å². The summed E-state index contributed by atoms with van der Waals surface area (Å²) in [6, 6.07) is 0. The van der Waals surface area contributed by atoms with Gasteiger partial charge in [0.25, 0.3) is 0 Å². The van der Waals surface area contributed by atoms with E-state index in [4.69, 9.17) is 0 Å². The maximum Gasteiger partial charge on any atom is 0.00967 e. The third kappa shape index (κ3) is 8.18. The lowest BCUT2D eigenvalue weighted by Crippen LogP contribution is -2.49. The average molecular weight is 298 g/mol. The highest BCUT2D eigenvalue weighted by atomic mass is 15.1. The van der Waals surface area contributed by atoms with Crippen LogP contribution in [0.4, 0.5) is 0 Å². The third-order valence-electron chi connectivity index (χ3n) is 4.66. The van der Waals surface area contributed by atoms with Crippen LogP contribution in [0.25, 0.3) is 0 Å². The summed E-state index contributed by atoms with van der Waals surface area (Å²) in [4.78, 5) is 4.85. The molecule has 21 heavy (non-hydrogen) atoms. The molecule has 0 bridgehead atoms. The molecule has 1 fully saturated rings. The van der Waals surface area contributed by atoms with Crippen molar-refractivity contribution < 1.29 is 0 Å². The van der Waals surface area contributed by atoms with Gasteiger partial charge < -0.3 is 15.1 Å². The highest BCUT2D eigenvalue weighted by molar-refractivity contribution is 4.89. The van der Waals surface area contributed by atoms with E-state index in [-0.39, 0.29) is 5.54 Å². The molecular formula is C18H39N3. The molecule has 1 aliphatic carbocycles. The number of hydrogen-bond donors (Lipinski definition) is 1. The summed E-state index contributed by atoms with van der Waals surface area (Å²) in [5, 5.41) is 3.78. The molecule has 1 saturated carbocycles. The van der Waals surface area contributed by atoms with E-state index in [9.17, 15) is 0 Å². The van der Waals surface area contributed by atoms with Crippen molar-refractivity contribution >= 4 is 0 Å². The number of rotatable bonds is 8. The Labute approximate surface area is 133 Å². The molecule has 0 atom stereocenters. The largest absolute Gasteiger partial charge is 0.311 e. The Kier molecular flexibility index (Phi) is 7.66. The number of hydrogen-bond acceptors (Lipinski definition) is 3. The summed E-state index contributed by atoms with van der Waals surface area (Å²) in [6.45, 7) is 11.7. The van der Waals surface area contributed by atoms with E-state index >= 15 is 0 Å². The van der Waals surface area contributed by atoms with Gasteiger partial charge in [0.15, 0.2) is 0 Å². The van der Waals surface area contributed by atoms with E-state index in [1.807, 2.05) is 0 Å². The minimum atomic E-state index is 0.230. The monoisotopic (exact) mass is 297 g/mol. The van der Waals surface area contributed by atoms with E-state index in [0.717, 1.165) is 0 Å². The maximum atomic E-state index is 3.78. The first kappa shape index (κ1) is 18.9. The van der Waals surface area contributed by atoms with Gasteiger partial charge in [0.1, 0.15) is 0 Å². The van der Waals surface area contributed by atoms with Crippen LogP contribution in [0.1, 0.15) is 59.3 Å². The standard InChI is InChI=1S/C18H39N3/c1-17(2,3)19-15-18(11-8-7-9-12-18)16-21(6)14-10-13-20(4)5/h19H,7-16H2,1-6H3. The molecule has 0 aromatic heterocycles. The smallest absolute Gasteiger partial charge is 0.00967 e. The molecule has 126 valence electrons. The van der Waals surface area contributed by atoms with Crippen molar-refractivity contribution in [2.24, 2.45) is 5.41 Å². The molecule has 0 aromatic rings. The molecule has 1 N–H and O–H groups in total. The minimum absolute atomic E-state index is 0.230. The topological polar surface area (TPSA) is 18.5 Å². The Bertz CT molecular complexity index is 275. The molecule has 0 heterocycles. The molecule has 0 aromatic carbocycles. The molecule has 0 unspecified atom stereocenters. The molecule has 0 aliphatic heterocycles. The summed E-state index contributed by atoms with van der Waals surface area (Å²) in [5.41, 5.74) is 0.729. The second-order valence-corrected chi connectivity index (χ2v) is 8.56. The Morgan fingerprint density at radius 1 is 0.952 bits per heavy atom. The lowest BCUT2D eigenvalue weighted by molar-refractivity contribution is 0.107. The van der Waals surface area contributed by atoms with Gasteiger partial charge in [0.05, 0.1) is 0 Å². The fraction of sp³-hybridized carbons (Fsp3) is 1.00. The van der Waals surface area contributed by atoms with Crippen molar-refractivity contribution in [3.05, 3.63) is 0 Å². The lowest BCUT2D eigenvalue weighted by Gasteiger charge is -2.42. The zero-order chi connectivity index (χ0) is 15.9. The zero-order valence-electron chi connectivity index (χ0n) is 15.5.